The predicted octanol–water partition coefficient (Wildman–Crippen LogP) is 4.49. The molecule has 9 heteroatoms. The summed E-state index contributed by atoms with van der Waals surface area (Å²) in [6, 6.07) is 11.3. The molecule has 0 saturated carbocycles. The highest BCUT2D eigenvalue weighted by Crippen LogP contribution is 2.42. The van der Waals surface area contributed by atoms with E-state index in [4.69, 9.17) is 23.2 Å². The summed E-state index contributed by atoms with van der Waals surface area (Å²) in [5, 5.41) is 14.7. The molecule has 0 aliphatic carbocycles. The standard InChI is InChI=1S/C17H11Cl2F3N2O2/c18-12-6-4-10(5-7-12)14-9-16(26,17(20,21)22)24(23-14)15(25)11-2-1-3-13(19)8-11/h1-8,26H,9H2/t16-/m0/s1. The second-order valence-corrected chi connectivity index (χ2v) is 6.54. The van der Waals surface area contributed by atoms with Crippen molar-refractivity contribution in [1.29, 1.82) is 0 Å². The van der Waals surface area contributed by atoms with E-state index in [2.05, 4.69) is 5.10 Å². The molecule has 0 fully saturated rings. The van der Waals surface area contributed by atoms with Crippen molar-refractivity contribution in [1.82, 2.24) is 5.01 Å². The topological polar surface area (TPSA) is 52.9 Å². The van der Waals surface area contributed by atoms with Crippen LogP contribution in [0.5, 0.6) is 0 Å². The lowest BCUT2D eigenvalue weighted by atomic mass is 10.0. The van der Waals surface area contributed by atoms with E-state index in [9.17, 15) is 23.1 Å². The molecule has 3 rings (SSSR count). The van der Waals surface area contributed by atoms with Crippen molar-refractivity contribution in [3.63, 3.8) is 0 Å². The number of alkyl halides is 3. The van der Waals surface area contributed by atoms with Gasteiger partial charge in [0.15, 0.2) is 0 Å². The van der Waals surface area contributed by atoms with E-state index in [-0.39, 0.29) is 21.3 Å². The fourth-order valence-corrected chi connectivity index (χ4v) is 2.84. The zero-order valence-corrected chi connectivity index (χ0v) is 14.5. The SMILES string of the molecule is O=C(c1cccc(Cl)c1)N1N=C(c2ccc(Cl)cc2)C[C@]1(O)C(F)(F)F. The number of hydrogen-bond donors (Lipinski definition) is 1. The number of rotatable bonds is 2. The van der Waals surface area contributed by atoms with E-state index in [1.807, 2.05) is 0 Å². The van der Waals surface area contributed by atoms with E-state index < -0.39 is 24.2 Å². The van der Waals surface area contributed by atoms with Gasteiger partial charge in [0.25, 0.3) is 11.6 Å². The summed E-state index contributed by atoms with van der Waals surface area (Å²) in [5.41, 5.74) is -3.35. The normalized spacial score (nSPS) is 20.2. The van der Waals surface area contributed by atoms with Gasteiger partial charge in [0.05, 0.1) is 12.1 Å². The maximum Gasteiger partial charge on any atom is 0.438 e. The summed E-state index contributed by atoms with van der Waals surface area (Å²) in [6.07, 6.45) is -6.01. The molecule has 4 nitrogen and oxygen atoms in total. The molecular formula is C17H11Cl2F3N2O2. The second-order valence-electron chi connectivity index (χ2n) is 5.67. The zero-order chi connectivity index (χ0) is 19.1. The first-order valence-electron chi connectivity index (χ1n) is 7.34. The third kappa shape index (κ3) is 3.30. The quantitative estimate of drug-likeness (QED) is 0.803. The van der Waals surface area contributed by atoms with E-state index in [1.54, 1.807) is 0 Å². The summed E-state index contributed by atoms with van der Waals surface area (Å²) in [7, 11) is 0. The molecule has 1 N–H and O–H groups in total. The number of halogens is 5. The number of aliphatic hydroxyl groups is 1. The van der Waals surface area contributed by atoms with Crippen molar-refractivity contribution in [3.05, 3.63) is 69.7 Å². The summed E-state index contributed by atoms with van der Waals surface area (Å²) in [6.45, 7) is 0. The van der Waals surface area contributed by atoms with Gasteiger partial charge in [0.2, 0.25) is 0 Å². The highest BCUT2D eigenvalue weighted by molar-refractivity contribution is 6.31. The molecule has 0 saturated heterocycles. The van der Waals surface area contributed by atoms with Gasteiger partial charge in [-0.3, -0.25) is 4.79 Å². The molecule has 136 valence electrons. The van der Waals surface area contributed by atoms with E-state index in [0.717, 1.165) is 0 Å². The minimum atomic E-state index is -5.11. The van der Waals surface area contributed by atoms with E-state index in [1.165, 1.54) is 48.5 Å². The van der Waals surface area contributed by atoms with Crippen LogP contribution < -0.4 is 0 Å². The van der Waals surface area contributed by atoms with Crippen molar-refractivity contribution in [3.8, 4) is 0 Å². The fourth-order valence-electron chi connectivity index (χ4n) is 2.53. The minimum absolute atomic E-state index is 0.0581. The molecule has 2 aromatic carbocycles. The average molecular weight is 403 g/mol. The molecule has 0 radical (unpaired) electrons. The molecule has 0 bridgehead atoms. The van der Waals surface area contributed by atoms with Gasteiger partial charge in [-0.25, -0.2) is 0 Å². The Kier molecular flexibility index (Phi) is 4.72. The Morgan fingerprint density at radius 3 is 2.35 bits per heavy atom. The number of carbonyl (C=O) groups is 1. The number of nitrogens with zero attached hydrogens (tertiary/aromatic N) is 2. The summed E-state index contributed by atoms with van der Waals surface area (Å²) in [5.74, 6) is -1.11. The maximum absolute atomic E-state index is 13.5. The summed E-state index contributed by atoms with van der Waals surface area (Å²) >= 11 is 11.6. The van der Waals surface area contributed by atoms with Crippen LogP contribution in [0.1, 0.15) is 22.3 Å². The highest BCUT2D eigenvalue weighted by Gasteiger charge is 2.63. The van der Waals surface area contributed by atoms with Crippen LogP contribution in [0.4, 0.5) is 13.2 Å². The molecule has 1 atom stereocenters. The monoisotopic (exact) mass is 402 g/mol. The van der Waals surface area contributed by atoms with Gasteiger partial charge in [-0.15, -0.1) is 0 Å². The van der Waals surface area contributed by atoms with Crippen molar-refractivity contribution < 1.29 is 23.1 Å². The number of amides is 1. The molecule has 0 aromatic heterocycles. The summed E-state index contributed by atoms with van der Waals surface area (Å²) < 4.78 is 40.6. The van der Waals surface area contributed by atoms with Crippen LogP contribution in [-0.4, -0.2) is 33.6 Å². The summed E-state index contributed by atoms with van der Waals surface area (Å²) in [4.78, 5) is 12.6. The zero-order valence-electron chi connectivity index (χ0n) is 13.0. The molecule has 0 unspecified atom stereocenters. The Morgan fingerprint density at radius 1 is 1.12 bits per heavy atom. The molecule has 1 heterocycles. The van der Waals surface area contributed by atoms with Gasteiger partial charge in [0, 0.05) is 15.6 Å². The average Bonchev–Trinajstić information content (AvgIpc) is 2.94. The number of carbonyl (C=O) groups excluding carboxylic acids is 1. The van der Waals surface area contributed by atoms with Crippen LogP contribution in [0.2, 0.25) is 10.0 Å². The van der Waals surface area contributed by atoms with Gasteiger partial charge in [-0.05, 0) is 35.9 Å². The Morgan fingerprint density at radius 2 is 1.77 bits per heavy atom. The smallest absolute Gasteiger partial charge is 0.362 e. The largest absolute Gasteiger partial charge is 0.438 e. The van der Waals surface area contributed by atoms with Gasteiger partial charge in [-0.1, -0.05) is 41.4 Å². The lowest BCUT2D eigenvalue weighted by molar-refractivity contribution is -0.297. The Bertz CT molecular complexity index is 884. The van der Waals surface area contributed by atoms with Gasteiger partial charge in [-0.2, -0.15) is 23.3 Å². The molecular weight excluding hydrogens is 392 g/mol. The second kappa shape index (κ2) is 6.57. The van der Waals surface area contributed by atoms with Crippen LogP contribution in [0.3, 0.4) is 0 Å². The van der Waals surface area contributed by atoms with Crippen LogP contribution >= 0.6 is 23.2 Å². The number of hydrogen-bond acceptors (Lipinski definition) is 3. The van der Waals surface area contributed by atoms with Crippen molar-refractivity contribution in [2.24, 2.45) is 5.10 Å². The van der Waals surface area contributed by atoms with Crippen molar-refractivity contribution >= 4 is 34.8 Å². The maximum atomic E-state index is 13.5. The van der Waals surface area contributed by atoms with Crippen molar-refractivity contribution in [2.75, 3.05) is 0 Å². The minimum Gasteiger partial charge on any atom is -0.362 e. The van der Waals surface area contributed by atoms with Gasteiger partial charge in [0.1, 0.15) is 0 Å². The first-order chi connectivity index (χ1) is 12.1. The Hall–Kier alpha value is -2.09. The lowest BCUT2D eigenvalue weighted by Crippen LogP contribution is -2.56. The van der Waals surface area contributed by atoms with Gasteiger partial charge < -0.3 is 5.11 Å². The third-order valence-corrected chi connectivity index (χ3v) is 4.37. The van der Waals surface area contributed by atoms with Crippen LogP contribution in [-0.2, 0) is 0 Å². The first-order valence-corrected chi connectivity index (χ1v) is 8.10. The van der Waals surface area contributed by atoms with E-state index in [0.29, 0.717) is 10.6 Å². The van der Waals surface area contributed by atoms with Gasteiger partial charge >= 0.3 is 6.18 Å². The Labute approximate surface area is 156 Å². The molecule has 1 aliphatic rings. The van der Waals surface area contributed by atoms with Crippen LogP contribution in [0, 0.1) is 0 Å². The molecule has 1 amide bonds. The number of hydrazone groups is 1. The van der Waals surface area contributed by atoms with Crippen LogP contribution in [0.25, 0.3) is 0 Å². The highest BCUT2D eigenvalue weighted by atomic mass is 35.5. The van der Waals surface area contributed by atoms with E-state index >= 15 is 0 Å². The molecule has 26 heavy (non-hydrogen) atoms. The third-order valence-electron chi connectivity index (χ3n) is 3.88. The first kappa shape index (κ1) is 18.7. The van der Waals surface area contributed by atoms with Crippen molar-refractivity contribution in [2.45, 2.75) is 18.3 Å². The molecule has 2 aromatic rings. The lowest BCUT2D eigenvalue weighted by Gasteiger charge is -2.32. The fraction of sp³-hybridized carbons (Fsp3) is 0.176. The van der Waals surface area contributed by atoms with Crippen LogP contribution in [0.15, 0.2) is 53.6 Å². The molecule has 0 spiro atoms. The Balaban J connectivity index is 2.05. The predicted molar refractivity (Wildman–Crippen MR) is 91.2 cm³/mol. The number of benzene rings is 2. The molecule has 1 aliphatic heterocycles.